The van der Waals surface area contributed by atoms with E-state index in [9.17, 15) is 9.59 Å². The molecule has 0 aliphatic carbocycles. The van der Waals surface area contributed by atoms with Gasteiger partial charge in [0.25, 0.3) is 5.91 Å². The second-order valence-corrected chi connectivity index (χ2v) is 6.56. The molecule has 2 amide bonds. The minimum atomic E-state index is -0.268. The summed E-state index contributed by atoms with van der Waals surface area (Å²) in [5.74, 6) is 0.489. The lowest BCUT2D eigenvalue weighted by Gasteiger charge is -2.24. The third kappa shape index (κ3) is 4.29. The average Bonchev–Trinajstić information content (AvgIpc) is 3.05. The van der Waals surface area contributed by atoms with Gasteiger partial charge in [-0.25, -0.2) is 0 Å². The fourth-order valence-electron chi connectivity index (χ4n) is 3.37. The molecule has 1 fully saturated rings. The molecule has 0 unspecified atom stereocenters. The molecule has 3 rings (SSSR count). The Morgan fingerprint density at radius 3 is 2.64 bits per heavy atom. The van der Waals surface area contributed by atoms with Gasteiger partial charge in [-0.15, -0.1) is 0 Å². The fourth-order valence-corrected chi connectivity index (χ4v) is 3.37. The molecule has 5 heteroatoms. The van der Waals surface area contributed by atoms with Crippen LogP contribution < -0.4 is 0 Å². The Morgan fingerprint density at radius 1 is 1.12 bits per heavy atom. The van der Waals surface area contributed by atoms with Crippen LogP contribution in [0.5, 0.6) is 0 Å². The number of likely N-dealkylation sites (N-methyl/N-ethyl adjacent to an activating group) is 1. The molecule has 1 aliphatic heterocycles. The monoisotopic (exact) mass is 340 g/mol. The Labute approximate surface area is 148 Å². The van der Waals surface area contributed by atoms with Crippen molar-refractivity contribution in [1.29, 1.82) is 0 Å². The number of carbonyl (C=O) groups excluding carboxylic acids is 2. The zero-order valence-electron chi connectivity index (χ0n) is 14.6. The molecule has 132 valence electrons. The lowest BCUT2D eigenvalue weighted by atomic mass is 9.92. The summed E-state index contributed by atoms with van der Waals surface area (Å²) in [5, 5.41) is 0. The first-order chi connectivity index (χ1) is 12.1. The SMILES string of the molecule is CN(CC(=O)N1CCC[C@@H](c2ccccc2)CC1)C(=O)c1ccco1. The Bertz CT molecular complexity index is 697. The molecule has 1 aromatic carbocycles. The maximum absolute atomic E-state index is 12.6. The van der Waals surface area contributed by atoms with Crippen molar-refractivity contribution in [2.24, 2.45) is 0 Å². The summed E-state index contributed by atoms with van der Waals surface area (Å²) in [7, 11) is 1.63. The Hall–Kier alpha value is -2.56. The number of amides is 2. The van der Waals surface area contributed by atoms with Gasteiger partial charge >= 0.3 is 0 Å². The molecule has 2 aromatic rings. The van der Waals surface area contributed by atoms with Gasteiger partial charge in [-0.2, -0.15) is 0 Å². The van der Waals surface area contributed by atoms with E-state index in [4.69, 9.17) is 4.42 Å². The summed E-state index contributed by atoms with van der Waals surface area (Å²) in [4.78, 5) is 28.1. The molecular weight excluding hydrogens is 316 g/mol. The molecule has 1 atom stereocenters. The predicted molar refractivity (Wildman–Crippen MR) is 95.3 cm³/mol. The van der Waals surface area contributed by atoms with Gasteiger partial charge < -0.3 is 14.2 Å². The quantitative estimate of drug-likeness (QED) is 0.859. The summed E-state index contributed by atoms with van der Waals surface area (Å²) in [6.07, 6.45) is 4.50. The highest BCUT2D eigenvalue weighted by atomic mass is 16.3. The van der Waals surface area contributed by atoms with Gasteiger partial charge in [-0.3, -0.25) is 9.59 Å². The zero-order chi connectivity index (χ0) is 17.6. The van der Waals surface area contributed by atoms with Crippen LogP contribution in [0.3, 0.4) is 0 Å². The first-order valence-corrected chi connectivity index (χ1v) is 8.77. The van der Waals surface area contributed by atoms with Crippen LogP contribution in [0.4, 0.5) is 0 Å². The van der Waals surface area contributed by atoms with Crippen LogP contribution in [0.1, 0.15) is 41.3 Å². The molecule has 1 aromatic heterocycles. The van der Waals surface area contributed by atoms with E-state index in [0.717, 1.165) is 32.4 Å². The number of furan rings is 1. The second kappa shape index (κ2) is 8.01. The molecule has 25 heavy (non-hydrogen) atoms. The number of rotatable bonds is 4. The van der Waals surface area contributed by atoms with E-state index in [1.807, 2.05) is 11.0 Å². The van der Waals surface area contributed by atoms with Crippen LogP contribution in [-0.4, -0.2) is 48.3 Å². The van der Waals surface area contributed by atoms with Crippen LogP contribution in [0.15, 0.2) is 53.1 Å². The van der Waals surface area contributed by atoms with Gasteiger partial charge in [0.2, 0.25) is 5.91 Å². The highest BCUT2D eigenvalue weighted by molar-refractivity contribution is 5.94. The molecule has 0 spiro atoms. The smallest absolute Gasteiger partial charge is 0.289 e. The number of hydrogen-bond acceptors (Lipinski definition) is 3. The lowest BCUT2D eigenvalue weighted by molar-refractivity contribution is -0.131. The zero-order valence-corrected chi connectivity index (χ0v) is 14.6. The fraction of sp³-hybridized carbons (Fsp3) is 0.400. The van der Waals surface area contributed by atoms with Crippen molar-refractivity contribution in [3.8, 4) is 0 Å². The van der Waals surface area contributed by atoms with Gasteiger partial charge in [-0.1, -0.05) is 30.3 Å². The van der Waals surface area contributed by atoms with Gasteiger partial charge in [0.15, 0.2) is 5.76 Å². The van der Waals surface area contributed by atoms with E-state index >= 15 is 0 Å². The molecule has 1 aliphatic rings. The lowest BCUT2D eigenvalue weighted by Crippen LogP contribution is -2.41. The van der Waals surface area contributed by atoms with Gasteiger partial charge in [-0.05, 0) is 42.9 Å². The van der Waals surface area contributed by atoms with E-state index in [0.29, 0.717) is 5.92 Å². The van der Waals surface area contributed by atoms with Crippen molar-refractivity contribution in [3.63, 3.8) is 0 Å². The van der Waals surface area contributed by atoms with Gasteiger partial charge in [0, 0.05) is 20.1 Å². The van der Waals surface area contributed by atoms with Crippen molar-refractivity contribution >= 4 is 11.8 Å². The van der Waals surface area contributed by atoms with Gasteiger partial charge in [0.05, 0.1) is 12.8 Å². The average molecular weight is 340 g/mol. The third-order valence-corrected chi connectivity index (χ3v) is 4.80. The van der Waals surface area contributed by atoms with E-state index in [-0.39, 0.29) is 24.1 Å². The molecule has 5 nitrogen and oxygen atoms in total. The number of nitrogens with zero attached hydrogens (tertiary/aromatic N) is 2. The molecule has 0 radical (unpaired) electrons. The Kier molecular flexibility index (Phi) is 5.53. The minimum Gasteiger partial charge on any atom is -0.459 e. The maximum atomic E-state index is 12.6. The molecular formula is C20H24N2O3. The van der Waals surface area contributed by atoms with E-state index in [2.05, 4.69) is 24.3 Å². The largest absolute Gasteiger partial charge is 0.459 e. The summed E-state index contributed by atoms with van der Waals surface area (Å²) < 4.78 is 5.11. The van der Waals surface area contributed by atoms with Crippen molar-refractivity contribution in [1.82, 2.24) is 9.80 Å². The van der Waals surface area contributed by atoms with Crippen molar-refractivity contribution in [2.75, 3.05) is 26.7 Å². The van der Waals surface area contributed by atoms with E-state index in [1.54, 1.807) is 19.2 Å². The Morgan fingerprint density at radius 2 is 1.92 bits per heavy atom. The molecule has 0 bridgehead atoms. The van der Waals surface area contributed by atoms with Gasteiger partial charge in [0.1, 0.15) is 0 Å². The summed E-state index contributed by atoms with van der Waals surface area (Å²) in [6.45, 7) is 1.57. The molecule has 0 N–H and O–H groups in total. The number of benzene rings is 1. The first-order valence-electron chi connectivity index (χ1n) is 8.77. The maximum Gasteiger partial charge on any atom is 0.289 e. The summed E-state index contributed by atoms with van der Waals surface area (Å²) in [5.41, 5.74) is 1.35. The van der Waals surface area contributed by atoms with Crippen molar-refractivity contribution in [2.45, 2.75) is 25.2 Å². The highest BCUT2D eigenvalue weighted by Crippen LogP contribution is 2.27. The first kappa shape index (κ1) is 17.3. The van der Waals surface area contributed by atoms with Crippen LogP contribution in [-0.2, 0) is 4.79 Å². The van der Waals surface area contributed by atoms with E-state index < -0.39 is 0 Å². The van der Waals surface area contributed by atoms with Crippen LogP contribution in [0.2, 0.25) is 0 Å². The molecule has 1 saturated heterocycles. The standard InChI is InChI=1S/C20H24N2O3/c1-21(20(24)18-10-6-14-25-18)15-19(23)22-12-5-9-17(11-13-22)16-7-3-2-4-8-16/h2-4,6-8,10,14,17H,5,9,11-13,15H2,1H3/t17-/m1/s1. The second-order valence-electron chi connectivity index (χ2n) is 6.56. The minimum absolute atomic E-state index is 0.00359. The topological polar surface area (TPSA) is 53.8 Å². The van der Waals surface area contributed by atoms with Crippen LogP contribution in [0.25, 0.3) is 0 Å². The highest BCUT2D eigenvalue weighted by Gasteiger charge is 2.24. The van der Waals surface area contributed by atoms with Crippen LogP contribution in [0, 0.1) is 0 Å². The third-order valence-electron chi connectivity index (χ3n) is 4.80. The number of likely N-dealkylation sites (tertiary alicyclic amines) is 1. The molecule has 2 heterocycles. The predicted octanol–water partition coefficient (Wildman–Crippen LogP) is 3.15. The van der Waals surface area contributed by atoms with Crippen LogP contribution >= 0.6 is 0 Å². The van der Waals surface area contributed by atoms with Crippen molar-refractivity contribution in [3.05, 3.63) is 60.1 Å². The number of hydrogen-bond donors (Lipinski definition) is 0. The summed E-state index contributed by atoms with van der Waals surface area (Å²) >= 11 is 0. The Balaban J connectivity index is 1.55. The number of carbonyl (C=O) groups is 2. The molecule has 0 saturated carbocycles. The van der Waals surface area contributed by atoms with Crippen molar-refractivity contribution < 1.29 is 14.0 Å². The normalized spacial score (nSPS) is 17.8. The van der Waals surface area contributed by atoms with E-state index in [1.165, 1.54) is 16.7 Å². The summed E-state index contributed by atoms with van der Waals surface area (Å²) in [6, 6.07) is 13.8.